The quantitative estimate of drug-likeness (QED) is 0.480. The Labute approximate surface area is 169 Å². The Hall–Kier alpha value is -4.27. The highest BCUT2D eigenvalue weighted by molar-refractivity contribution is 6.06. The van der Waals surface area contributed by atoms with E-state index >= 15 is 0 Å². The number of nitrogens with zero attached hydrogens (tertiary/aromatic N) is 2. The van der Waals surface area contributed by atoms with Gasteiger partial charge in [-0.3, -0.25) is 4.79 Å². The molecule has 2 heterocycles. The Morgan fingerprint density at radius 2 is 1.83 bits per heavy atom. The van der Waals surface area contributed by atoms with Gasteiger partial charge in [-0.05, 0) is 48.5 Å². The number of carbonyl (C=O) groups is 2. The number of ether oxygens (including phenoxy) is 1. The van der Waals surface area contributed by atoms with Crippen LogP contribution in [0.2, 0.25) is 0 Å². The molecule has 0 saturated heterocycles. The largest absolute Gasteiger partial charge is 0.459 e. The number of carbonyl (C=O) groups excluding carboxylic acids is 2. The lowest BCUT2D eigenvalue weighted by molar-refractivity contribution is 0.0431. The van der Waals surface area contributed by atoms with Crippen molar-refractivity contribution in [1.29, 1.82) is 0 Å². The number of amides is 1. The van der Waals surface area contributed by atoms with Crippen molar-refractivity contribution in [2.75, 3.05) is 5.32 Å². The van der Waals surface area contributed by atoms with Gasteiger partial charge in [0.2, 0.25) is 5.82 Å². The predicted octanol–water partition coefficient (Wildman–Crippen LogP) is 4.08. The van der Waals surface area contributed by atoms with E-state index in [0.717, 1.165) is 0 Å². The lowest BCUT2D eigenvalue weighted by Crippen LogP contribution is -2.15. The van der Waals surface area contributed by atoms with E-state index in [0.29, 0.717) is 5.56 Å². The summed E-state index contributed by atoms with van der Waals surface area (Å²) in [5.74, 6) is -1.15. The summed E-state index contributed by atoms with van der Waals surface area (Å²) >= 11 is 0. The van der Waals surface area contributed by atoms with Crippen LogP contribution in [0, 0.1) is 5.82 Å². The molecule has 0 spiro atoms. The lowest BCUT2D eigenvalue weighted by atomic mass is 10.1. The minimum atomic E-state index is -0.688. The fourth-order valence-electron chi connectivity index (χ4n) is 2.60. The van der Waals surface area contributed by atoms with Crippen molar-refractivity contribution in [3.05, 3.63) is 90.0 Å². The molecular weight excluding hydrogens is 393 g/mol. The van der Waals surface area contributed by atoms with Crippen LogP contribution in [0.25, 0.3) is 11.4 Å². The van der Waals surface area contributed by atoms with E-state index in [-0.39, 0.29) is 41.2 Å². The summed E-state index contributed by atoms with van der Waals surface area (Å²) < 4.78 is 28.3. The molecule has 2 aromatic heterocycles. The standard InChI is InChI=1S/C21H14FN3O5/c22-14-9-7-13(8-10-14)19-24-18(30-25-19)12-29-21(27)15-4-1-2-5-16(15)23-20(26)17-6-3-11-28-17/h1-11H,12H2,(H,23,26). The van der Waals surface area contributed by atoms with Gasteiger partial charge in [0.15, 0.2) is 12.4 Å². The van der Waals surface area contributed by atoms with Crippen molar-refractivity contribution >= 4 is 17.6 Å². The predicted molar refractivity (Wildman–Crippen MR) is 102 cm³/mol. The monoisotopic (exact) mass is 407 g/mol. The summed E-state index contributed by atoms with van der Waals surface area (Å²) in [5, 5.41) is 6.39. The van der Waals surface area contributed by atoms with Crippen molar-refractivity contribution in [3.63, 3.8) is 0 Å². The van der Waals surface area contributed by atoms with Crippen molar-refractivity contribution in [2.24, 2.45) is 0 Å². The number of halogens is 1. The van der Waals surface area contributed by atoms with Gasteiger partial charge in [-0.2, -0.15) is 4.98 Å². The zero-order chi connectivity index (χ0) is 20.9. The molecule has 0 atom stereocenters. The molecule has 150 valence electrons. The maximum atomic E-state index is 13.0. The third kappa shape index (κ3) is 4.25. The van der Waals surface area contributed by atoms with E-state index in [2.05, 4.69) is 15.5 Å². The highest BCUT2D eigenvalue weighted by Crippen LogP contribution is 2.19. The van der Waals surface area contributed by atoms with E-state index in [9.17, 15) is 14.0 Å². The maximum Gasteiger partial charge on any atom is 0.340 e. The first-order valence-corrected chi connectivity index (χ1v) is 8.79. The second-order valence-electron chi connectivity index (χ2n) is 6.07. The van der Waals surface area contributed by atoms with E-state index < -0.39 is 11.9 Å². The number of hydrogen-bond donors (Lipinski definition) is 1. The normalized spacial score (nSPS) is 10.6. The van der Waals surface area contributed by atoms with Crippen LogP contribution in [0.5, 0.6) is 0 Å². The summed E-state index contributed by atoms with van der Waals surface area (Å²) in [5.41, 5.74) is 0.973. The number of furan rings is 1. The first-order chi connectivity index (χ1) is 14.6. The Morgan fingerprint density at radius 3 is 2.60 bits per heavy atom. The van der Waals surface area contributed by atoms with Gasteiger partial charge in [-0.15, -0.1) is 0 Å². The summed E-state index contributed by atoms with van der Waals surface area (Å²) in [7, 11) is 0. The molecule has 2 aromatic carbocycles. The molecule has 0 aliphatic rings. The van der Waals surface area contributed by atoms with Crippen molar-refractivity contribution < 1.29 is 27.7 Å². The minimum Gasteiger partial charge on any atom is -0.459 e. The van der Waals surface area contributed by atoms with Gasteiger partial charge >= 0.3 is 5.97 Å². The molecule has 9 heteroatoms. The number of esters is 1. The van der Waals surface area contributed by atoms with Crippen LogP contribution in [-0.4, -0.2) is 22.0 Å². The molecule has 0 aliphatic carbocycles. The molecule has 4 rings (SSSR count). The second kappa shape index (κ2) is 8.39. The number of rotatable bonds is 6. The number of para-hydroxylation sites is 1. The Kier molecular flexibility index (Phi) is 5.33. The van der Waals surface area contributed by atoms with Gasteiger partial charge in [0.05, 0.1) is 17.5 Å². The first-order valence-electron chi connectivity index (χ1n) is 8.79. The van der Waals surface area contributed by atoms with Crippen LogP contribution < -0.4 is 5.32 Å². The Morgan fingerprint density at radius 1 is 1.03 bits per heavy atom. The van der Waals surface area contributed by atoms with Gasteiger partial charge in [-0.1, -0.05) is 17.3 Å². The molecule has 0 fully saturated rings. The Bertz CT molecular complexity index is 1170. The number of hydrogen-bond acceptors (Lipinski definition) is 7. The van der Waals surface area contributed by atoms with E-state index in [1.54, 1.807) is 24.3 Å². The molecule has 1 amide bonds. The summed E-state index contributed by atoms with van der Waals surface area (Å²) in [4.78, 5) is 28.8. The second-order valence-corrected chi connectivity index (χ2v) is 6.07. The van der Waals surface area contributed by atoms with Crippen molar-refractivity contribution in [2.45, 2.75) is 6.61 Å². The number of benzene rings is 2. The van der Waals surface area contributed by atoms with Crippen molar-refractivity contribution in [3.8, 4) is 11.4 Å². The fraction of sp³-hybridized carbons (Fsp3) is 0.0476. The zero-order valence-electron chi connectivity index (χ0n) is 15.4. The minimum absolute atomic E-state index is 0.0692. The third-order valence-corrected chi connectivity index (χ3v) is 4.04. The van der Waals surface area contributed by atoms with Crippen LogP contribution in [-0.2, 0) is 11.3 Å². The number of nitrogens with one attached hydrogen (secondary N) is 1. The van der Waals surface area contributed by atoms with E-state index in [1.165, 1.54) is 42.7 Å². The van der Waals surface area contributed by atoms with Crippen LogP contribution in [0.3, 0.4) is 0 Å². The molecular formula is C21H14FN3O5. The number of anilines is 1. The van der Waals surface area contributed by atoms with Crippen LogP contribution >= 0.6 is 0 Å². The van der Waals surface area contributed by atoms with E-state index in [1.807, 2.05) is 0 Å². The van der Waals surface area contributed by atoms with Crippen LogP contribution in [0.1, 0.15) is 26.8 Å². The maximum absolute atomic E-state index is 13.0. The SMILES string of the molecule is O=C(Nc1ccccc1C(=O)OCc1nc(-c2ccc(F)cc2)no1)c1ccco1. The lowest BCUT2D eigenvalue weighted by Gasteiger charge is -2.09. The van der Waals surface area contributed by atoms with Gasteiger partial charge < -0.3 is 19.0 Å². The molecule has 30 heavy (non-hydrogen) atoms. The molecule has 8 nitrogen and oxygen atoms in total. The highest BCUT2D eigenvalue weighted by atomic mass is 19.1. The Balaban J connectivity index is 1.42. The van der Waals surface area contributed by atoms with Gasteiger partial charge in [0.1, 0.15) is 5.82 Å². The molecule has 0 unspecified atom stereocenters. The smallest absolute Gasteiger partial charge is 0.340 e. The molecule has 1 N–H and O–H groups in total. The van der Waals surface area contributed by atoms with Crippen molar-refractivity contribution in [1.82, 2.24) is 10.1 Å². The molecule has 0 radical (unpaired) electrons. The summed E-state index contributed by atoms with van der Waals surface area (Å²) in [6, 6.07) is 15.0. The van der Waals surface area contributed by atoms with Gasteiger partial charge in [0.25, 0.3) is 11.8 Å². The summed E-state index contributed by atoms with van der Waals surface area (Å²) in [6.07, 6.45) is 1.37. The van der Waals surface area contributed by atoms with Gasteiger partial charge in [0, 0.05) is 5.56 Å². The van der Waals surface area contributed by atoms with E-state index in [4.69, 9.17) is 13.7 Å². The first kappa shape index (κ1) is 19.1. The molecule has 4 aromatic rings. The molecule has 0 aliphatic heterocycles. The topological polar surface area (TPSA) is 107 Å². The van der Waals surface area contributed by atoms with Crippen LogP contribution in [0.15, 0.2) is 75.9 Å². The molecule has 0 bridgehead atoms. The third-order valence-electron chi connectivity index (χ3n) is 4.04. The number of aromatic nitrogens is 2. The van der Waals surface area contributed by atoms with Crippen LogP contribution in [0.4, 0.5) is 10.1 Å². The summed E-state index contributed by atoms with van der Waals surface area (Å²) in [6.45, 7) is -0.270. The average molecular weight is 407 g/mol. The average Bonchev–Trinajstić information content (AvgIpc) is 3.45. The zero-order valence-corrected chi connectivity index (χ0v) is 15.4. The molecule has 0 saturated carbocycles. The highest BCUT2D eigenvalue weighted by Gasteiger charge is 2.18. The van der Waals surface area contributed by atoms with Gasteiger partial charge in [-0.25, -0.2) is 9.18 Å². The fourth-order valence-corrected chi connectivity index (χ4v) is 2.60.